The first-order valence-corrected chi connectivity index (χ1v) is 15.5. The topological polar surface area (TPSA) is 72.9 Å². The van der Waals surface area contributed by atoms with Gasteiger partial charge in [-0.3, -0.25) is 14.4 Å². The van der Waals surface area contributed by atoms with Gasteiger partial charge in [0, 0.05) is 19.3 Å². The van der Waals surface area contributed by atoms with Crippen LogP contribution < -0.4 is 0 Å². The number of imide groups is 1. The molecule has 8 atom stereocenters. The summed E-state index contributed by atoms with van der Waals surface area (Å²) in [5, 5.41) is 0.568. The van der Waals surface area contributed by atoms with Crippen molar-refractivity contribution in [1.29, 1.82) is 0 Å². The molecule has 1 aliphatic heterocycles. The normalized spacial score (nSPS) is 39.4. The van der Waals surface area contributed by atoms with E-state index in [1.54, 1.807) is 0 Å². The molecule has 0 spiro atoms. The standard InChI is InChI=1S/C32H49NO5/c1-20(2)7-6-8-21(3)25-11-12-26-24-10-9-22-19-23(37-30(36)38-33-28(34)13-14-29(33)35)15-17-31(22,4)27(24)16-18-32(25,26)5/h9,20-21,23-27H,6-8,10-19H2,1-5H3/t21-,23-,24?,25?,26+,27+,31+,32-/m1/s1. The molecule has 5 aliphatic rings. The highest BCUT2D eigenvalue weighted by molar-refractivity contribution is 6.01. The molecule has 0 bridgehead atoms. The lowest BCUT2D eigenvalue weighted by Crippen LogP contribution is -2.51. The second-order valence-corrected chi connectivity index (χ2v) is 14.2. The predicted molar refractivity (Wildman–Crippen MR) is 145 cm³/mol. The Morgan fingerprint density at radius 3 is 2.45 bits per heavy atom. The third-order valence-corrected chi connectivity index (χ3v) is 11.7. The number of carbonyl (C=O) groups excluding carboxylic acids is 3. The molecule has 4 aliphatic carbocycles. The van der Waals surface area contributed by atoms with Gasteiger partial charge in [0.25, 0.3) is 11.8 Å². The molecular weight excluding hydrogens is 478 g/mol. The molecule has 3 saturated carbocycles. The summed E-state index contributed by atoms with van der Waals surface area (Å²) in [7, 11) is 0. The zero-order chi connectivity index (χ0) is 27.2. The van der Waals surface area contributed by atoms with Crippen molar-refractivity contribution in [2.75, 3.05) is 0 Å². The lowest BCUT2D eigenvalue weighted by molar-refractivity contribution is -0.179. The number of nitrogens with zero attached hydrogens (tertiary/aromatic N) is 1. The first-order valence-electron chi connectivity index (χ1n) is 15.5. The number of allylic oxidation sites excluding steroid dienone is 1. The Morgan fingerprint density at radius 1 is 1.00 bits per heavy atom. The van der Waals surface area contributed by atoms with Crippen LogP contribution in [0.1, 0.15) is 118 Å². The maximum Gasteiger partial charge on any atom is 0.534 e. The van der Waals surface area contributed by atoms with Crippen molar-refractivity contribution in [3.8, 4) is 0 Å². The van der Waals surface area contributed by atoms with Crippen LogP contribution in [0.25, 0.3) is 0 Å². The smallest absolute Gasteiger partial charge is 0.429 e. The minimum atomic E-state index is -0.940. The second kappa shape index (κ2) is 10.6. The number of fused-ring (bicyclic) bond motifs is 5. The predicted octanol–water partition coefficient (Wildman–Crippen LogP) is 7.61. The van der Waals surface area contributed by atoms with Crippen LogP contribution in [0.5, 0.6) is 0 Å². The van der Waals surface area contributed by atoms with Crippen molar-refractivity contribution in [2.45, 2.75) is 124 Å². The van der Waals surface area contributed by atoms with Gasteiger partial charge in [-0.2, -0.15) is 0 Å². The molecule has 212 valence electrons. The van der Waals surface area contributed by atoms with Gasteiger partial charge < -0.3 is 4.74 Å². The molecular formula is C32H49NO5. The molecule has 4 fully saturated rings. The maximum atomic E-state index is 12.4. The second-order valence-electron chi connectivity index (χ2n) is 14.2. The van der Waals surface area contributed by atoms with Crippen LogP contribution in [-0.4, -0.2) is 29.1 Å². The average Bonchev–Trinajstić information content (AvgIpc) is 3.38. The van der Waals surface area contributed by atoms with Gasteiger partial charge in [-0.1, -0.05) is 70.6 Å². The lowest BCUT2D eigenvalue weighted by Gasteiger charge is -2.58. The Bertz CT molecular complexity index is 957. The van der Waals surface area contributed by atoms with Crippen LogP contribution >= 0.6 is 0 Å². The number of ether oxygens (including phenoxy) is 1. The van der Waals surface area contributed by atoms with Crippen molar-refractivity contribution >= 4 is 18.0 Å². The number of hydrogen-bond acceptors (Lipinski definition) is 5. The Hall–Kier alpha value is -1.85. The summed E-state index contributed by atoms with van der Waals surface area (Å²) in [6.45, 7) is 12.3. The molecule has 2 amide bonds. The Balaban J connectivity index is 1.21. The summed E-state index contributed by atoms with van der Waals surface area (Å²) in [6.07, 6.45) is 14.7. The van der Waals surface area contributed by atoms with Gasteiger partial charge in [0.2, 0.25) is 0 Å². The SMILES string of the molecule is CC(C)CCC[C@@H](C)C1CC[C@H]2C3CC=C4C[C@H](OC(=O)ON5C(=O)CCC5=O)CC[C@]4(C)[C@H]3CC[C@]12C. The minimum absolute atomic E-state index is 0.0845. The van der Waals surface area contributed by atoms with E-state index in [2.05, 4.69) is 40.7 Å². The first-order chi connectivity index (χ1) is 18.0. The van der Waals surface area contributed by atoms with Gasteiger partial charge in [-0.05, 0) is 91.3 Å². The fraction of sp³-hybridized carbons (Fsp3) is 0.844. The van der Waals surface area contributed by atoms with Crippen molar-refractivity contribution in [2.24, 2.45) is 46.3 Å². The molecule has 1 saturated heterocycles. The zero-order valence-corrected chi connectivity index (χ0v) is 24.3. The molecule has 6 heteroatoms. The molecule has 5 rings (SSSR count). The molecule has 0 aromatic rings. The minimum Gasteiger partial charge on any atom is -0.429 e. The van der Waals surface area contributed by atoms with Crippen LogP contribution in [0.2, 0.25) is 0 Å². The van der Waals surface area contributed by atoms with Crippen LogP contribution in [-0.2, 0) is 19.2 Å². The summed E-state index contributed by atoms with van der Waals surface area (Å²) in [5.74, 6) is 3.84. The quantitative estimate of drug-likeness (QED) is 0.193. The Labute approximate surface area is 229 Å². The highest BCUT2D eigenvalue weighted by Crippen LogP contribution is 2.67. The Morgan fingerprint density at radius 2 is 1.74 bits per heavy atom. The van der Waals surface area contributed by atoms with Crippen molar-refractivity contribution in [3.63, 3.8) is 0 Å². The van der Waals surface area contributed by atoms with Gasteiger partial charge in [0.15, 0.2) is 0 Å². The van der Waals surface area contributed by atoms with E-state index in [0.29, 0.717) is 16.4 Å². The number of carbonyl (C=O) groups is 3. The average molecular weight is 528 g/mol. The molecule has 1 heterocycles. The first kappa shape index (κ1) is 27.7. The van der Waals surface area contributed by atoms with Gasteiger partial charge in [0.1, 0.15) is 6.10 Å². The number of rotatable bonds is 7. The number of hydroxylamine groups is 2. The van der Waals surface area contributed by atoms with Crippen LogP contribution in [0.4, 0.5) is 4.79 Å². The van der Waals surface area contributed by atoms with Gasteiger partial charge in [-0.25, -0.2) is 4.79 Å². The van der Waals surface area contributed by atoms with E-state index in [0.717, 1.165) is 55.3 Å². The van der Waals surface area contributed by atoms with Crippen LogP contribution in [0, 0.1) is 46.3 Å². The highest BCUT2D eigenvalue weighted by atomic mass is 16.8. The summed E-state index contributed by atoms with van der Waals surface area (Å²) in [6, 6.07) is 0. The molecule has 6 nitrogen and oxygen atoms in total. The third-order valence-electron chi connectivity index (χ3n) is 11.7. The van der Waals surface area contributed by atoms with E-state index in [-0.39, 0.29) is 24.4 Å². The fourth-order valence-corrected chi connectivity index (χ4v) is 9.64. The molecule has 0 N–H and O–H groups in total. The third kappa shape index (κ3) is 4.94. The maximum absolute atomic E-state index is 12.4. The van der Waals surface area contributed by atoms with Crippen molar-refractivity contribution in [1.82, 2.24) is 5.06 Å². The van der Waals surface area contributed by atoms with Crippen LogP contribution in [0.3, 0.4) is 0 Å². The van der Waals surface area contributed by atoms with E-state index < -0.39 is 18.0 Å². The number of amides is 2. The molecule has 0 aromatic heterocycles. The van der Waals surface area contributed by atoms with Gasteiger partial charge in [0.05, 0.1) is 0 Å². The lowest BCUT2D eigenvalue weighted by atomic mass is 9.47. The Kier molecular flexibility index (Phi) is 7.74. The van der Waals surface area contributed by atoms with E-state index in [1.165, 1.54) is 50.5 Å². The highest BCUT2D eigenvalue weighted by Gasteiger charge is 2.59. The van der Waals surface area contributed by atoms with Gasteiger partial charge in [-0.15, -0.1) is 0 Å². The monoisotopic (exact) mass is 527 g/mol. The fourth-order valence-electron chi connectivity index (χ4n) is 9.64. The summed E-state index contributed by atoms with van der Waals surface area (Å²) in [5.41, 5.74) is 2.10. The largest absolute Gasteiger partial charge is 0.534 e. The molecule has 0 radical (unpaired) electrons. The van der Waals surface area contributed by atoms with E-state index in [1.807, 2.05) is 0 Å². The summed E-state index contributed by atoms with van der Waals surface area (Å²) < 4.78 is 5.60. The zero-order valence-electron chi connectivity index (χ0n) is 24.3. The van der Waals surface area contributed by atoms with E-state index in [9.17, 15) is 14.4 Å². The summed E-state index contributed by atoms with van der Waals surface area (Å²) >= 11 is 0. The van der Waals surface area contributed by atoms with Crippen molar-refractivity contribution < 1.29 is 24.0 Å². The molecule has 38 heavy (non-hydrogen) atoms. The van der Waals surface area contributed by atoms with Crippen LogP contribution in [0.15, 0.2) is 11.6 Å². The molecule has 2 unspecified atom stereocenters. The molecule has 0 aromatic carbocycles. The number of hydrogen-bond donors (Lipinski definition) is 0. The summed E-state index contributed by atoms with van der Waals surface area (Å²) in [4.78, 5) is 40.9. The van der Waals surface area contributed by atoms with Crippen molar-refractivity contribution in [3.05, 3.63) is 11.6 Å². The van der Waals surface area contributed by atoms with Gasteiger partial charge >= 0.3 is 6.16 Å². The van der Waals surface area contributed by atoms with E-state index >= 15 is 0 Å². The van der Waals surface area contributed by atoms with E-state index in [4.69, 9.17) is 9.57 Å².